The van der Waals surface area contributed by atoms with Gasteiger partial charge in [-0.1, -0.05) is 36.4 Å². The van der Waals surface area contributed by atoms with E-state index >= 15 is 0 Å². The Hall–Kier alpha value is -3.87. The summed E-state index contributed by atoms with van der Waals surface area (Å²) in [7, 11) is 0. The number of aliphatic imine (C=N–C) groups is 1. The van der Waals surface area contributed by atoms with Crippen LogP contribution < -0.4 is 11.2 Å². The van der Waals surface area contributed by atoms with Gasteiger partial charge in [0.2, 0.25) is 5.88 Å². The fourth-order valence-corrected chi connectivity index (χ4v) is 3.43. The van der Waals surface area contributed by atoms with Crippen molar-refractivity contribution >= 4 is 16.6 Å². The standard InChI is InChI=1S/C22H20N4O3/c1-14(23-12-11-15-13-24-18-10-6-5-9-17(15)18)19-20(27)25-22(29)26(21(19)28)16-7-3-2-4-8-16/h2-10,13,24,28H,11-12H2,1H3,(H,25,27,29). The molecule has 3 N–H and O–H groups in total. The number of rotatable bonds is 5. The molecule has 4 rings (SSSR count). The van der Waals surface area contributed by atoms with E-state index in [0.717, 1.165) is 21.0 Å². The van der Waals surface area contributed by atoms with Crippen LogP contribution in [0, 0.1) is 0 Å². The zero-order valence-corrected chi connectivity index (χ0v) is 15.8. The molecule has 0 fully saturated rings. The van der Waals surface area contributed by atoms with Crippen LogP contribution in [-0.2, 0) is 6.42 Å². The molecule has 29 heavy (non-hydrogen) atoms. The van der Waals surface area contributed by atoms with E-state index in [1.165, 1.54) is 0 Å². The van der Waals surface area contributed by atoms with Crippen LogP contribution in [0.15, 0.2) is 75.4 Å². The highest BCUT2D eigenvalue weighted by Gasteiger charge is 2.17. The zero-order valence-electron chi connectivity index (χ0n) is 15.8. The minimum atomic E-state index is -0.700. The summed E-state index contributed by atoms with van der Waals surface area (Å²) in [6.07, 6.45) is 2.63. The Morgan fingerprint density at radius 3 is 2.59 bits per heavy atom. The third kappa shape index (κ3) is 3.50. The number of aromatic hydroxyl groups is 1. The number of hydrogen-bond donors (Lipinski definition) is 3. The minimum absolute atomic E-state index is 0.00706. The van der Waals surface area contributed by atoms with Gasteiger partial charge in [-0.05, 0) is 37.1 Å². The molecular formula is C22H20N4O3. The molecule has 146 valence electrons. The van der Waals surface area contributed by atoms with E-state index in [-0.39, 0.29) is 5.56 Å². The number of benzene rings is 2. The molecule has 4 aromatic rings. The van der Waals surface area contributed by atoms with Crippen LogP contribution in [0.1, 0.15) is 18.1 Å². The molecule has 7 heteroatoms. The highest BCUT2D eigenvalue weighted by atomic mass is 16.3. The van der Waals surface area contributed by atoms with Gasteiger partial charge in [0.1, 0.15) is 5.56 Å². The minimum Gasteiger partial charge on any atom is -0.493 e. The van der Waals surface area contributed by atoms with Gasteiger partial charge in [0.15, 0.2) is 0 Å². The van der Waals surface area contributed by atoms with Gasteiger partial charge < -0.3 is 10.1 Å². The fourth-order valence-electron chi connectivity index (χ4n) is 3.43. The molecule has 2 aromatic carbocycles. The van der Waals surface area contributed by atoms with Crippen LogP contribution in [0.4, 0.5) is 0 Å². The second kappa shape index (κ2) is 7.63. The monoisotopic (exact) mass is 388 g/mol. The smallest absolute Gasteiger partial charge is 0.335 e. The average molecular weight is 388 g/mol. The first-order chi connectivity index (χ1) is 14.1. The SMILES string of the molecule is CC(=NCCc1c[nH]c2ccccc12)c1c(O)n(-c2ccccc2)c(=O)[nH]c1=O. The largest absolute Gasteiger partial charge is 0.493 e. The number of aromatic nitrogens is 3. The van der Waals surface area contributed by atoms with Gasteiger partial charge in [-0.2, -0.15) is 0 Å². The average Bonchev–Trinajstić information content (AvgIpc) is 3.12. The Labute approximate surface area is 166 Å². The first-order valence-electron chi connectivity index (χ1n) is 9.26. The summed E-state index contributed by atoms with van der Waals surface area (Å²) in [5.41, 5.74) is 1.65. The van der Waals surface area contributed by atoms with E-state index < -0.39 is 17.1 Å². The third-order valence-electron chi connectivity index (χ3n) is 4.87. The van der Waals surface area contributed by atoms with E-state index in [2.05, 4.69) is 15.0 Å². The van der Waals surface area contributed by atoms with Gasteiger partial charge in [0.05, 0.1) is 5.69 Å². The molecule has 0 unspecified atom stereocenters. The lowest BCUT2D eigenvalue weighted by atomic mass is 10.1. The molecule has 2 aromatic heterocycles. The molecular weight excluding hydrogens is 368 g/mol. The molecule has 7 nitrogen and oxygen atoms in total. The maximum absolute atomic E-state index is 12.3. The lowest BCUT2D eigenvalue weighted by Gasteiger charge is -2.11. The van der Waals surface area contributed by atoms with Crippen LogP contribution in [0.3, 0.4) is 0 Å². The molecule has 2 heterocycles. The van der Waals surface area contributed by atoms with Crippen molar-refractivity contribution in [1.82, 2.24) is 14.5 Å². The Morgan fingerprint density at radius 2 is 1.79 bits per heavy atom. The van der Waals surface area contributed by atoms with Crippen LogP contribution in [0.25, 0.3) is 16.6 Å². The van der Waals surface area contributed by atoms with Crippen LogP contribution in [0.5, 0.6) is 5.88 Å². The Kier molecular flexibility index (Phi) is 4.87. The number of H-pyrrole nitrogens is 2. The van der Waals surface area contributed by atoms with Gasteiger partial charge in [-0.3, -0.25) is 14.8 Å². The molecule has 0 spiro atoms. The molecule has 0 aliphatic rings. The predicted molar refractivity (Wildman–Crippen MR) is 113 cm³/mol. The summed E-state index contributed by atoms with van der Waals surface area (Å²) in [5.74, 6) is -0.418. The second-order valence-corrected chi connectivity index (χ2v) is 6.71. The fraction of sp³-hybridized carbons (Fsp3) is 0.136. The molecule has 0 aliphatic heterocycles. The first kappa shape index (κ1) is 18.5. The summed E-state index contributed by atoms with van der Waals surface area (Å²) < 4.78 is 1.06. The summed E-state index contributed by atoms with van der Waals surface area (Å²) in [5, 5.41) is 11.8. The van der Waals surface area contributed by atoms with Crippen molar-refractivity contribution < 1.29 is 5.11 Å². The van der Waals surface area contributed by atoms with E-state index in [4.69, 9.17) is 0 Å². The molecule has 0 saturated carbocycles. The predicted octanol–water partition coefficient (Wildman–Crippen LogP) is 2.76. The summed E-state index contributed by atoms with van der Waals surface area (Å²) in [4.78, 5) is 34.5. The maximum Gasteiger partial charge on any atom is 0.335 e. The highest BCUT2D eigenvalue weighted by Crippen LogP contribution is 2.19. The number of para-hydroxylation sites is 2. The number of aromatic amines is 2. The van der Waals surface area contributed by atoms with E-state index in [9.17, 15) is 14.7 Å². The molecule has 0 atom stereocenters. The van der Waals surface area contributed by atoms with Gasteiger partial charge in [0, 0.05) is 29.4 Å². The summed E-state index contributed by atoms with van der Waals surface area (Å²) in [6.45, 7) is 2.09. The summed E-state index contributed by atoms with van der Waals surface area (Å²) in [6, 6.07) is 16.7. The zero-order chi connectivity index (χ0) is 20.4. The Bertz CT molecular complexity index is 1310. The number of hydrogen-bond acceptors (Lipinski definition) is 4. The lowest BCUT2D eigenvalue weighted by Crippen LogP contribution is -2.32. The topological polar surface area (TPSA) is 103 Å². The van der Waals surface area contributed by atoms with Crippen molar-refractivity contribution in [3.63, 3.8) is 0 Å². The quantitative estimate of drug-likeness (QED) is 0.458. The van der Waals surface area contributed by atoms with Crippen molar-refractivity contribution in [3.05, 3.63) is 92.8 Å². The van der Waals surface area contributed by atoms with E-state index in [1.807, 2.05) is 30.5 Å². The number of nitrogens with zero attached hydrogens (tertiary/aromatic N) is 2. The maximum atomic E-state index is 12.3. The van der Waals surface area contributed by atoms with Crippen molar-refractivity contribution in [2.24, 2.45) is 4.99 Å². The van der Waals surface area contributed by atoms with Crippen molar-refractivity contribution in [2.45, 2.75) is 13.3 Å². The first-order valence-corrected chi connectivity index (χ1v) is 9.26. The van der Waals surface area contributed by atoms with Gasteiger partial charge in [-0.15, -0.1) is 0 Å². The number of nitrogens with one attached hydrogen (secondary N) is 2. The molecule has 0 bridgehead atoms. The van der Waals surface area contributed by atoms with Crippen LogP contribution in [0.2, 0.25) is 0 Å². The van der Waals surface area contributed by atoms with Crippen LogP contribution in [-0.4, -0.2) is 31.9 Å². The molecule has 0 radical (unpaired) electrons. The van der Waals surface area contributed by atoms with Crippen molar-refractivity contribution in [2.75, 3.05) is 6.54 Å². The lowest BCUT2D eigenvalue weighted by molar-refractivity contribution is 0.429. The molecule has 0 amide bonds. The van der Waals surface area contributed by atoms with Crippen LogP contribution >= 0.6 is 0 Å². The van der Waals surface area contributed by atoms with Gasteiger partial charge >= 0.3 is 5.69 Å². The van der Waals surface area contributed by atoms with Crippen molar-refractivity contribution in [1.29, 1.82) is 0 Å². The third-order valence-corrected chi connectivity index (χ3v) is 4.87. The van der Waals surface area contributed by atoms with Crippen molar-refractivity contribution in [3.8, 4) is 11.6 Å². The summed E-state index contributed by atoms with van der Waals surface area (Å²) >= 11 is 0. The highest BCUT2D eigenvalue weighted by molar-refractivity contribution is 6.00. The molecule has 0 saturated heterocycles. The Balaban J connectivity index is 1.65. The van der Waals surface area contributed by atoms with E-state index in [0.29, 0.717) is 24.4 Å². The molecule has 0 aliphatic carbocycles. The normalized spacial score (nSPS) is 11.8. The van der Waals surface area contributed by atoms with E-state index in [1.54, 1.807) is 37.3 Å². The second-order valence-electron chi connectivity index (χ2n) is 6.71. The van der Waals surface area contributed by atoms with Gasteiger partial charge in [-0.25, -0.2) is 9.36 Å². The Morgan fingerprint density at radius 1 is 1.07 bits per heavy atom. The number of fused-ring (bicyclic) bond motifs is 1. The van der Waals surface area contributed by atoms with Gasteiger partial charge in [0.25, 0.3) is 5.56 Å².